The van der Waals surface area contributed by atoms with Crippen LogP contribution >= 0.6 is 12.0 Å². The molecule has 1 aromatic rings. The van der Waals surface area contributed by atoms with Gasteiger partial charge in [0, 0.05) is 5.69 Å². The standard InChI is InChI=1S/C12H12N2O5S/c1-3-11(15)13-8-5-6-10(20-19-18-17)9(7-8)14-12(16)4-2/h3-7,17H,1-2H2,(H,13,15)(H,14,16). The van der Waals surface area contributed by atoms with Crippen molar-refractivity contribution >= 4 is 35.2 Å². The van der Waals surface area contributed by atoms with Gasteiger partial charge in [0.05, 0.1) is 22.6 Å². The van der Waals surface area contributed by atoms with Crippen molar-refractivity contribution in [2.45, 2.75) is 4.90 Å². The van der Waals surface area contributed by atoms with Crippen molar-refractivity contribution in [3.8, 4) is 0 Å². The predicted molar refractivity (Wildman–Crippen MR) is 74.8 cm³/mol. The third kappa shape index (κ3) is 4.86. The van der Waals surface area contributed by atoms with Gasteiger partial charge < -0.3 is 10.6 Å². The zero-order valence-corrected chi connectivity index (χ0v) is 11.1. The van der Waals surface area contributed by atoms with Crippen LogP contribution in [0.15, 0.2) is 48.4 Å². The molecule has 20 heavy (non-hydrogen) atoms. The van der Waals surface area contributed by atoms with E-state index >= 15 is 0 Å². The number of amides is 2. The Hall–Kier alpha value is -2.13. The van der Waals surface area contributed by atoms with Crippen LogP contribution in [-0.2, 0) is 19.0 Å². The Balaban J connectivity index is 3.00. The number of rotatable bonds is 7. The second-order valence-electron chi connectivity index (χ2n) is 3.32. The summed E-state index contributed by atoms with van der Waals surface area (Å²) in [7, 11) is 0. The first-order valence-electron chi connectivity index (χ1n) is 5.26. The molecular weight excluding hydrogens is 284 g/mol. The Bertz CT molecular complexity index is 533. The fraction of sp³-hybridized carbons (Fsp3) is 0. The molecular formula is C12H12N2O5S. The highest BCUT2D eigenvalue weighted by Crippen LogP contribution is 2.30. The van der Waals surface area contributed by atoms with Crippen LogP contribution in [0.2, 0.25) is 0 Å². The normalized spacial score (nSPS) is 9.65. The van der Waals surface area contributed by atoms with E-state index in [-0.39, 0.29) is 5.91 Å². The van der Waals surface area contributed by atoms with E-state index in [4.69, 9.17) is 5.26 Å². The van der Waals surface area contributed by atoms with Crippen molar-refractivity contribution in [3.05, 3.63) is 43.5 Å². The Morgan fingerprint density at radius 2 is 1.85 bits per heavy atom. The van der Waals surface area contributed by atoms with Gasteiger partial charge in [-0.15, -0.1) is 4.33 Å². The quantitative estimate of drug-likeness (QED) is 0.309. The first-order chi connectivity index (χ1) is 9.60. The number of hydrogen-bond donors (Lipinski definition) is 3. The molecule has 0 bridgehead atoms. The summed E-state index contributed by atoms with van der Waals surface area (Å²) in [4.78, 5) is 23.0. The lowest BCUT2D eigenvalue weighted by Gasteiger charge is -2.10. The lowest BCUT2D eigenvalue weighted by atomic mass is 10.2. The van der Waals surface area contributed by atoms with Crippen molar-refractivity contribution in [2.24, 2.45) is 0 Å². The van der Waals surface area contributed by atoms with Crippen LogP contribution in [0, 0.1) is 0 Å². The molecule has 0 aromatic heterocycles. The van der Waals surface area contributed by atoms with Gasteiger partial charge >= 0.3 is 0 Å². The molecule has 106 valence electrons. The Morgan fingerprint density at radius 3 is 2.45 bits per heavy atom. The maximum atomic E-state index is 11.3. The molecule has 0 aliphatic carbocycles. The Morgan fingerprint density at radius 1 is 1.20 bits per heavy atom. The average molecular weight is 296 g/mol. The van der Waals surface area contributed by atoms with Gasteiger partial charge in [-0.2, -0.15) is 0 Å². The minimum Gasteiger partial charge on any atom is -0.322 e. The third-order valence-corrected chi connectivity index (χ3v) is 2.69. The van der Waals surface area contributed by atoms with E-state index in [1.165, 1.54) is 6.07 Å². The van der Waals surface area contributed by atoms with E-state index in [9.17, 15) is 9.59 Å². The number of nitrogens with one attached hydrogen (secondary N) is 2. The molecule has 1 rings (SSSR count). The predicted octanol–water partition coefficient (Wildman–Crippen LogP) is 2.36. The number of anilines is 2. The zero-order chi connectivity index (χ0) is 15.0. The van der Waals surface area contributed by atoms with Crippen molar-refractivity contribution in [1.29, 1.82) is 0 Å². The van der Waals surface area contributed by atoms with Crippen molar-refractivity contribution in [2.75, 3.05) is 10.6 Å². The second kappa shape index (κ2) is 8.12. The lowest BCUT2D eigenvalue weighted by molar-refractivity contribution is -0.432. The van der Waals surface area contributed by atoms with E-state index in [1.807, 2.05) is 0 Å². The van der Waals surface area contributed by atoms with Gasteiger partial charge in [0.25, 0.3) is 0 Å². The van der Waals surface area contributed by atoms with Crippen molar-refractivity contribution < 1.29 is 24.2 Å². The first kappa shape index (κ1) is 15.9. The number of carbonyl (C=O) groups is 2. The molecule has 7 nitrogen and oxygen atoms in total. The highest BCUT2D eigenvalue weighted by atomic mass is 32.2. The van der Waals surface area contributed by atoms with Crippen molar-refractivity contribution in [3.63, 3.8) is 0 Å². The van der Waals surface area contributed by atoms with Crippen LogP contribution in [-0.4, -0.2) is 17.1 Å². The molecule has 0 aliphatic heterocycles. The van der Waals surface area contributed by atoms with Crippen LogP contribution in [0.3, 0.4) is 0 Å². The molecule has 0 heterocycles. The summed E-state index contributed by atoms with van der Waals surface area (Å²) >= 11 is 0.679. The largest absolute Gasteiger partial charge is 0.322 e. The third-order valence-electron chi connectivity index (χ3n) is 2.03. The summed E-state index contributed by atoms with van der Waals surface area (Å²) in [5, 5.41) is 16.7. The van der Waals surface area contributed by atoms with Crippen LogP contribution in [0.5, 0.6) is 0 Å². The molecule has 0 aliphatic rings. The van der Waals surface area contributed by atoms with E-state index < -0.39 is 5.91 Å². The van der Waals surface area contributed by atoms with Gasteiger partial charge in [0.2, 0.25) is 11.8 Å². The number of benzene rings is 1. The summed E-state index contributed by atoms with van der Waals surface area (Å²) in [5.41, 5.74) is 0.794. The maximum absolute atomic E-state index is 11.3. The van der Waals surface area contributed by atoms with Gasteiger partial charge in [-0.05, 0) is 30.4 Å². The topological polar surface area (TPSA) is 96.9 Å². The smallest absolute Gasteiger partial charge is 0.247 e. The highest BCUT2D eigenvalue weighted by Gasteiger charge is 2.09. The van der Waals surface area contributed by atoms with E-state index in [2.05, 4.69) is 33.2 Å². The van der Waals surface area contributed by atoms with Gasteiger partial charge in [-0.3, -0.25) is 9.59 Å². The number of carbonyl (C=O) groups excluding carboxylic acids is 2. The fourth-order valence-corrected chi connectivity index (χ4v) is 1.63. The molecule has 3 N–H and O–H groups in total. The number of hydrogen-bond acceptors (Lipinski definition) is 6. The van der Waals surface area contributed by atoms with Gasteiger partial charge in [-0.25, -0.2) is 5.26 Å². The van der Waals surface area contributed by atoms with Gasteiger partial charge in [0.15, 0.2) is 0 Å². The summed E-state index contributed by atoms with van der Waals surface area (Å²) < 4.78 is 4.31. The molecule has 2 amide bonds. The van der Waals surface area contributed by atoms with E-state index in [1.54, 1.807) is 12.1 Å². The maximum Gasteiger partial charge on any atom is 0.247 e. The highest BCUT2D eigenvalue weighted by molar-refractivity contribution is 7.94. The fourth-order valence-electron chi connectivity index (χ4n) is 1.21. The van der Waals surface area contributed by atoms with Crippen molar-refractivity contribution in [1.82, 2.24) is 0 Å². The van der Waals surface area contributed by atoms with E-state index in [0.29, 0.717) is 28.3 Å². The molecule has 8 heteroatoms. The Kier molecular flexibility index (Phi) is 6.47. The second-order valence-corrected chi connectivity index (χ2v) is 4.07. The summed E-state index contributed by atoms with van der Waals surface area (Å²) in [5.74, 6) is -0.828. The zero-order valence-electron chi connectivity index (χ0n) is 10.3. The Labute approximate surface area is 119 Å². The molecule has 0 radical (unpaired) electrons. The molecule has 0 saturated carbocycles. The van der Waals surface area contributed by atoms with Crippen LogP contribution in [0.25, 0.3) is 0 Å². The molecule has 0 saturated heterocycles. The monoisotopic (exact) mass is 296 g/mol. The molecule has 0 unspecified atom stereocenters. The van der Waals surface area contributed by atoms with Gasteiger partial charge in [-0.1, -0.05) is 18.2 Å². The minimum atomic E-state index is -0.441. The summed E-state index contributed by atoms with van der Waals surface area (Å²) in [6, 6.07) is 4.64. The summed E-state index contributed by atoms with van der Waals surface area (Å²) in [6.45, 7) is 6.67. The van der Waals surface area contributed by atoms with Crippen LogP contribution in [0.1, 0.15) is 0 Å². The van der Waals surface area contributed by atoms with Crippen LogP contribution in [0.4, 0.5) is 11.4 Å². The minimum absolute atomic E-state index is 0.346. The molecule has 1 aromatic carbocycles. The SMILES string of the molecule is C=CC(=O)Nc1ccc(SOOO)c(NC(=O)C=C)c1. The summed E-state index contributed by atoms with van der Waals surface area (Å²) in [6.07, 6.45) is 2.21. The first-order valence-corrected chi connectivity index (χ1v) is 6.00. The molecule has 0 spiro atoms. The van der Waals surface area contributed by atoms with Crippen LogP contribution < -0.4 is 10.6 Å². The van der Waals surface area contributed by atoms with Gasteiger partial charge in [0.1, 0.15) is 0 Å². The average Bonchev–Trinajstić information content (AvgIpc) is 2.46. The lowest BCUT2D eigenvalue weighted by Crippen LogP contribution is -2.11. The molecule has 0 atom stereocenters. The molecule has 0 fully saturated rings. The van der Waals surface area contributed by atoms with E-state index in [0.717, 1.165) is 12.2 Å².